The van der Waals surface area contributed by atoms with E-state index in [4.69, 9.17) is 5.73 Å². The Morgan fingerprint density at radius 1 is 1.36 bits per heavy atom. The minimum absolute atomic E-state index is 0.518. The Hall–Kier alpha value is -0.0400. The van der Waals surface area contributed by atoms with Crippen molar-refractivity contribution in [2.75, 3.05) is 0 Å². The largest absolute Gasteiger partial charge is 0.327 e. The summed E-state index contributed by atoms with van der Waals surface area (Å²) in [5, 5.41) is 0. The van der Waals surface area contributed by atoms with Crippen LogP contribution in [0.1, 0.15) is 52.4 Å². The molecule has 0 heterocycles. The third-order valence-electron chi connectivity index (χ3n) is 3.02. The molecule has 0 aromatic rings. The number of rotatable bonds is 5. The van der Waals surface area contributed by atoms with Crippen LogP contribution in [0, 0.1) is 5.41 Å². The van der Waals surface area contributed by atoms with Gasteiger partial charge in [0.05, 0.1) is 0 Å². The fourth-order valence-electron chi connectivity index (χ4n) is 1.69. The highest BCUT2D eigenvalue weighted by Gasteiger charge is 2.46. The van der Waals surface area contributed by atoms with E-state index in [1.54, 1.807) is 0 Å². The van der Waals surface area contributed by atoms with Gasteiger partial charge in [0.2, 0.25) is 0 Å². The highest BCUT2D eigenvalue weighted by Crippen LogP contribution is 2.47. The van der Waals surface area contributed by atoms with Gasteiger partial charge < -0.3 is 5.73 Å². The predicted molar refractivity (Wildman–Crippen MR) is 49.5 cm³/mol. The Morgan fingerprint density at radius 3 is 2.45 bits per heavy atom. The van der Waals surface area contributed by atoms with Crippen LogP contribution < -0.4 is 5.73 Å². The molecule has 0 saturated heterocycles. The summed E-state index contributed by atoms with van der Waals surface area (Å²) in [4.78, 5) is 0. The van der Waals surface area contributed by atoms with Crippen LogP contribution in [-0.4, -0.2) is 6.04 Å². The van der Waals surface area contributed by atoms with Crippen molar-refractivity contribution in [2.45, 2.75) is 58.4 Å². The molecule has 1 aliphatic carbocycles. The Labute approximate surface area is 70.4 Å². The summed E-state index contributed by atoms with van der Waals surface area (Å²) in [6.07, 6.45) is 8.14. The Morgan fingerprint density at radius 2 is 2.00 bits per heavy atom. The zero-order chi connectivity index (χ0) is 8.32. The summed E-state index contributed by atoms with van der Waals surface area (Å²) in [6, 6.07) is 0.518. The molecule has 1 rings (SSSR count). The van der Waals surface area contributed by atoms with Crippen LogP contribution in [0.5, 0.6) is 0 Å². The minimum Gasteiger partial charge on any atom is -0.327 e. The molecule has 1 aliphatic rings. The molecule has 0 bridgehead atoms. The van der Waals surface area contributed by atoms with Crippen molar-refractivity contribution < 1.29 is 0 Å². The maximum Gasteiger partial charge on any atom is 0.00992 e. The van der Waals surface area contributed by atoms with Gasteiger partial charge >= 0.3 is 0 Å². The van der Waals surface area contributed by atoms with E-state index >= 15 is 0 Å². The van der Waals surface area contributed by atoms with Crippen molar-refractivity contribution in [3.8, 4) is 0 Å². The summed E-state index contributed by atoms with van der Waals surface area (Å²) >= 11 is 0. The van der Waals surface area contributed by atoms with Gasteiger partial charge in [0.1, 0.15) is 0 Å². The molecule has 2 N–H and O–H groups in total. The first-order valence-electron chi connectivity index (χ1n) is 4.94. The quantitative estimate of drug-likeness (QED) is 0.607. The molecule has 11 heavy (non-hydrogen) atoms. The summed E-state index contributed by atoms with van der Waals surface area (Å²) < 4.78 is 0. The third-order valence-corrected chi connectivity index (χ3v) is 3.02. The van der Waals surface area contributed by atoms with Gasteiger partial charge in [-0.05, 0) is 18.3 Å². The lowest BCUT2D eigenvalue weighted by molar-refractivity contribution is 0.459. The molecule has 0 amide bonds. The van der Waals surface area contributed by atoms with Crippen LogP contribution in [0.4, 0.5) is 0 Å². The highest BCUT2D eigenvalue weighted by molar-refractivity contribution is 5.02. The van der Waals surface area contributed by atoms with Crippen LogP contribution in [0.3, 0.4) is 0 Å². The van der Waals surface area contributed by atoms with Gasteiger partial charge in [-0.25, -0.2) is 0 Å². The SMILES string of the molecule is CCCCCCC1(C)CC1N. The van der Waals surface area contributed by atoms with Gasteiger partial charge in [-0.1, -0.05) is 39.5 Å². The standard InChI is InChI=1S/C10H21N/c1-3-4-5-6-7-10(2)8-9(10)11/h9H,3-8,11H2,1-2H3. The maximum absolute atomic E-state index is 5.82. The van der Waals surface area contributed by atoms with E-state index < -0.39 is 0 Å². The second kappa shape index (κ2) is 3.57. The van der Waals surface area contributed by atoms with Crippen molar-refractivity contribution in [1.82, 2.24) is 0 Å². The smallest absolute Gasteiger partial charge is 0.00992 e. The molecule has 1 heteroatoms. The lowest BCUT2D eigenvalue weighted by Crippen LogP contribution is -2.10. The Balaban J connectivity index is 1.96. The first-order chi connectivity index (χ1) is 5.19. The van der Waals surface area contributed by atoms with E-state index in [1.165, 1.54) is 38.5 Å². The molecule has 1 nitrogen and oxygen atoms in total. The molecule has 0 aromatic heterocycles. The van der Waals surface area contributed by atoms with Gasteiger partial charge in [-0.2, -0.15) is 0 Å². The van der Waals surface area contributed by atoms with Gasteiger partial charge in [-0.15, -0.1) is 0 Å². The predicted octanol–water partition coefficient (Wildman–Crippen LogP) is 2.69. The van der Waals surface area contributed by atoms with Crippen molar-refractivity contribution in [2.24, 2.45) is 11.1 Å². The molecular weight excluding hydrogens is 134 g/mol. The second-order valence-electron chi connectivity index (χ2n) is 4.28. The van der Waals surface area contributed by atoms with Crippen molar-refractivity contribution in [1.29, 1.82) is 0 Å². The zero-order valence-electron chi connectivity index (χ0n) is 7.90. The van der Waals surface area contributed by atoms with E-state index in [-0.39, 0.29) is 0 Å². The topological polar surface area (TPSA) is 26.0 Å². The summed E-state index contributed by atoms with van der Waals surface area (Å²) in [7, 11) is 0. The molecule has 0 spiro atoms. The fourth-order valence-corrected chi connectivity index (χ4v) is 1.69. The molecular formula is C10H21N. The Kier molecular flexibility index (Phi) is 2.94. The molecule has 0 radical (unpaired) electrons. The number of unbranched alkanes of at least 4 members (excludes halogenated alkanes) is 3. The lowest BCUT2D eigenvalue weighted by Gasteiger charge is -2.07. The molecule has 2 unspecified atom stereocenters. The lowest BCUT2D eigenvalue weighted by atomic mass is 9.99. The van der Waals surface area contributed by atoms with E-state index in [2.05, 4.69) is 13.8 Å². The minimum atomic E-state index is 0.518. The monoisotopic (exact) mass is 155 g/mol. The van der Waals surface area contributed by atoms with Crippen LogP contribution in [0.2, 0.25) is 0 Å². The van der Waals surface area contributed by atoms with E-state index in [0.29, 0.717) is 11.5 Å². The number of hydrogen-bond acceptors (Lipinski definition) is 1. The molecule has 0 aromatic carbocycles. The fraction of sp³-hybridized carbons (Fsp3) is 1.00. The summed E-state index contributed by atoms with van der Waals surface area (Å²) in [5.41, 5.74) is 6.35. The molecule has 0 aliphatic heterocycles. The molecule has 2 atom stereocenters. The van der Waals surface area contributed by atoms with Crippen LogP contribution in [0.25, 0.3) is 0 Å². The first kappa shape index (κ1) is 9.05. The Bertz CT molecular complexity index is 122. The number of hydrogen-bond donors (Lipinski definition) is 1. The van der Waals surface area contributed by atoms with Crippen molar-refractivity contribution in [3.63, 3.8) is 0 Å². The summed E-state index contributed by atoms with van der Waals surface area (Å²) in [5.74, 6) is 0. The van der Waals surface area contributed by atoms with Crippen LogP contribution >= 0.6 is 0 Å². The summed E-state index contributed by atoms with van der Waals surface area (Å²) in [6.45, 7) is 4.58. The van der Waals surface area contributed by atoms with Crippen LogP contribution in [-0.2, 0) is 0 Å². The molecule has 1 fully saturated rings. The zero-order valence-corrected chi connectivity index (χ0v) is 7.90. The van der Waals surface area contributed by atoms with Gasteiger partial charge in [0, 0.05) is 6.04 Å². The second-order valence-corrected chi connectivity index (χ2v) is 4.28. The van der Waals surface area contributed by atoms with Crippen LogP contribution in [0.15, 0.2) is 0 Å². The number of nitrogens with two attached hydrogens (primary N) is 1. The van der Waals surface area contributed by atoms with Crippen molar-refractivity contribution >= 4 is 0 Å². The van der Waals surface area contributed by atoms with E-state index in [9.17, 15) is 0 Å². The van der Waals surface area contributed by atoms with Gasteiger partial charge in [-0.3, -0.25) is 0 Å². The normalized spacial score (nSPS) is 35.7. The van der Waals surface area contributed by atoms with E-state index in [0.717, 1.165) is 0 Å². The first-order valence-corrected chi connectivity index (χ1v) is 4.94. The average molecular weight is 155 g/mol. The van der Waals surface area contributed by atoms with Gasteiger partial charge in [0.25, 0.3) is 0 Å². The maximum atomic E-state index is 5.82. The average Bonchev–Trinajstić information content (AvgIpc) is 2.54. The third kappa shape index (κ3) is 2.48. The molecule has 66 valence electrons. The van der Waals surface area contributed by atoms with Gasteiger partial charge in [0.15, 0.2) is 0 Å². The van der Waals surface area contributed by atoms with E-state index in [1.807, 2.05) is 0 Å². The van der Waals surface area contributed by atoms with Crippen molar-refractivity contribution in [3.05, 3.63) is 0 Å². The molecule has 1 saturated carbocycles. The highest BCUT2D eigenvalue weighted by atomic mass is 14.8.